The fraction of sp³-hybridized carbons (Fsp3) is 0.688. The molecule has 2 heterocycles. The van der Waals surface area contributed by atoms with Crippen molar-refractivity contribution in [2.75, 3.05) is 37.7 Å². The van der Waals surface area contributed by atoms with Gasteiger partial charge in [0, 0.05) is 6.54 Å². The molecule has 1 saturated heterocycles. The molecular weight excluding hydrogens is 264 g/mol. The van der Waals surface area contributed by atoms with Gasteiger partial charge in [-0.15, -0.1) is 0 Å². The Balaban J connectivity index is 1.97. The molecule has 1 aromatic heterocycles. The first-order chi connectivity index (χ1) is 9.88. The number of nitrogens with two attached hydrogens (primary N) is 1. The molecule has 0 amide bonds. The number of ether oxygens (including phenoxy) is 1. The summed E-state index contributed by atoms with van der Waals surface area (Å²) in [4.78, 5) is 6.86. The molecule has 3 N–H and O–H groups in total. The molecule has 2 rings (SSSR count). The van der Waals surface area contributed by atoms with E-state index in [1.54, 1.807) is 0 Å². The number of hydrogen-bond acceptors (Lipinski definition) is 5. The molecule has 1 aromatic rings. The van der Waals surface area contributed by atoms with E-state index in [1.165, 1.54) is 12.8 Å². The van der Waals surface area contributed by atoms with Gasteiger partial charge in [0.05, 0.1) is 11.8 Å². The molecule has 0 spiro atoms. The molecule has 0 saturated carbocycles. The molecular formula is C16H28N4O. The molecule has 0 bridgehead atoms. The number of nitrogen functional groups attached to an aromatic ring is 1. The highest BCUT2D eigenvalue weighted by atomic mass is 16.5. The summed E-state index contributed by atoms with van der Waals surface area (Å²) in [6.07, 6.45) is 2.49. The standard InChI is InChI=1S/C16H28N4O/c1-12(2)21-15-13(17)5-6-14(19-15)18-11-16(3)7-9-20(4)10-8-16/h5-6,12H,7-11,17H2,1-4H3,(H,18,19). The third kappa shape index (κ3) is 4.49. The van der Waals surface area contributed by atoms with E-state index < -0.39 is 0 Å². The van der Waals surface area contributed by atoms with Crippen LogP contribution in [0.1, 0.15) is 33.6 Å². The zero-order chi connectivity index (χ0) is 15.5. The largest absolute Gasteiger partial charge is 0.473 e. The van der Waals surface area contributed by atoms with Crippen LogP contribution in [-0.4, -0.2) is 42.7 Å². The molecule has 1 aliphatic rings. The molecule has 0 radical (unpaired) electrons. The summed E-state index contributed by atoms with van der Waals surface area (Å²) < 4.78 is 5.63. The van der Waals surface area contributed by atoms with E-state index in [9.17, 15) is 0 Å². The van der Waals surface area contributed by atoms with Crippen molar-refractivity contribution in [3.63, 3.8) is 0 Å². The summed E-state index contributed by atoms with van der Waals surface area (Å²) in [5.74, 6) is 1.35. The number of nitrogens with one attached hydrogen (secondary N) is 1. The first-order valence-electron chi connectivity index (χ1n) is 7.73. The normalized spacial score (nSPS) is 18.7. The average molecular weight is 292 g/mol. The van der Waals surface area contributed by atoms with E-state index in [0.717, 1.165) is 25.5 Å². The quantitative estimate of drug-likeness (QED) is 0.873. The topological polar surface area (TPSA) is 63.4 Å². The van der Waals surface area contributed by atoms with Crippen molar-refractivity contribution < 1.29 is 4.74 Å². The summed E-state index contributed by atoms with van der Waals surface area (Å²) in [5.41, 5.74) is 6.81. The van der Waals surface area contributed by atoms with Crippen LogP contribution in [0.25, 0.3) is 0 Å². The third-order valence-corrected chi connectivity index (χ3v) is 4.13. The van der Waals surface area contributed by atoms with Gasteiger partial charge >= 0.3 is 0 Å². The third-order valence-electron chi connectivity index (χ3n) is 4.13. The molecule has 1 aliphatic heterocycles. The predicted octanol–water partition coefficient (Wildman–Crippen LogP) is 2.59. The van der Waals surface area contributed by atoms with Crippen LogP contribution in [0.3, 0.4) is 0 Å². The monoisotopic (exact) mass is 292 g/mol. The lowest BCUT2D eigenvalue weighted by Gasteiger charge is -2.38. The number of pyridine rings is 1. The molecule has 118 valence electrons. The Labute approximate surface area is 127 Å². The van der Waals surface area contributed by atoms with Crippen LogP contribution in [0.5, 0.6) is 5.88 Å². The lowest BCUT2D eigenvalue weighted by Crippen LogP contribution is -2.40. The van der Waals surface area contributed by atoms with Crippen LogP contribution < -0.4 is 15.8 Å². The maximum atomic E-state index is 5.90. The lowest BCUT2D eigenvalue weighted by molar-refractivity contribution is 0.150. The maximum Gasteiger partial charge on any atom is 0.239 e. The lowest BCUT2D eigenvalue weighted by atomic mass is 9.80. The highest BCUT2D eigenvalue weighted by Crippen LogP contribution is 2.31. The Morgan fingerprint density at radius 3 is 2.67 bits per heavy atom. The van der Waals surface area contributed by atoms with E-state index in [1.807, 2.05) is 26.0 Å². The van der Waals surface area contributed by atoms with E-state index in [-0.39, 0.29) is 6.10 Å². The van der Waals surface area contributed by atoms with E-state index >= 15 is 0 Å². The second-order valence-electron chi connectivity index (χ2n) is 6.72. The first kappa shape index (κ1) is 15.9. The summed E-state index contributed by atoms with van der Waals surface area (Å²) in [6, 6.07) is 3.77. The second kappa shape index (κ2) is 6.52. The van der Waals surface area contributed by atoms with Crippen LogP contribution in [0.4, 0.5) is 11.5 Å². The minimum absolute atomic E-state index is 0.0708. The fourth-order valence-corrected chi connectivity index (χ4v) is 2.51. The minimum Gasteiger partial charge on any atom is -0.473 e. The Bertz CT molecular complexity index is 467. The van der Waals surface area contributed by atoms with Gasteiger partial charge in [-0.3, -0.25) is 0 Å². The zero-order valence-corrected chi connectivity index (χ0v) is 13.6. The van der Waals surface area contributed by atoms with Crippen molar-refractivity contribution in [3.05, 3.63) is 12.1 Å². The Morgan fingerprint density at radius 1 is 1.38 bits per heavy atom. The SMILES string of the molecule is CC(C)Oc1nc(NCC2(C)CCN(C)CC2)ccc1N. The highest BCUT2D eigenvalue weighted by Gasteiger charge is 2.28. The smallest absolute Gasteiger partial charge is 0.239 e. The van der Waals surface area contributed by atoms with Crippen LogP contribution in [-0.2, 0) is 0 Å². The van der Waals surface area contributed by atoms with E-state index in [2.05, 4.69) is 29.2 Å². The van der Waals surface area contributed by atoms with Gasteiger partial charge in [-0.1, -0.05) is 6.92 Å². The Hall–Kier alpha value is -1.49. The molecule has 0 atom stereocenters. The van der Waals surface area contributed by atoms with Gasteiger partial charge < -0.3 is 20.7 Å². The molecule has 5 nitrogen and oxygen atoms in total. The van der Waals surface area contributed by atoms with Gasteiger partial charge in [-0.25, -0.2) is 0 Å². The first-order valence-corrected chi connectivity index (χ1v) is 7.73. The fourth-order valence-electron chi connectivity index (χ4n) is 2.51. The van der Waals surface area contributed by atoms with E-state index in [4.69, 9.17) is 10.5 Å². The number of piperidine rings is 1. The van der Waals surface area contributed by atoms with Crippen molar-refractivity contribution in [2.24, 2.45) is 5.41 Å². The van der Waals surface area contributed by atoms with Crippen molar-refractivity contribution >= 4 is 11.5 Å². The number of rotatable bonds is 5. The second-order valence-corrected chi connectivity index (χ2v) is 6.72. The van der Waals surface area contributed by atoms with Gasteiger partial charge in [-0.2, -0.15) is 4.98 Å². The number of likely N-dealkylation sites (tertiary alicyclic amines) is 1. The van der Waals surface area contributed by atoms with E-state index in [0.29, 0.717) is 17.0 Å². The predicted molar refractivity (Wildman–Crippen MR) is 87.7 cm³/mol. The van der Waals surface area contributed by atoms with Gasteiger partial charge in [0.25, 0.3) is 0 Å². The van der Waals surface area contributed by atoms with Gasteiger partial charge in [0.1, 0.15) is 5.82 Å². The van der Waals surface area contributed by atoms with Crippen LogP contribution in [0.2, 0.25) is 0 Å². The summed E-state index contributed by atoms with van der Waals surface area (Å²) in [5, 5.41) is 3.45. The van der Waals surface area contributed by atoms with Gasteiger partial charge in [0.2, 0.25) is 5.88 Å². The van der Waals surface area contributed by atoms with Gasteiger partial charge in [0.15, 0.2) is 0 Å². The maximum absolute atomic E-state index is 5.90. The Kier molecular flexibility index (Phi) is 4.93. The van der Waals surface area contributed by atoms with Crippen LogP contribution in [0.15, 0.2) is 12.1 Å². The number of hydrogen-bond donors (Lipinski definition) is 2. The molecule has 21 heavy (non-hydrogen) atoms. The van der Waals surface area contributed by atoms with Crippen molar-refractivity contribution in [3.8, 4) is 5.88 Å². The van der Waals surface area contributed by atoms with Crippen LogP contribution >= 0.6 is 0 Å². The summed E-state index contributed by atoms with van der Waals surface area (Å²) >= 11 is 0. The Morgan fingerprint density at radius 2 is 2.05 bits per heavy atom. The van der Waals surface area contributed by atoms with Gasteiger partial charge in [-0.05, 0) is 64.4 Å². The van der Waals surface area contributed by atoms with Crippen molar-refractivity contribution in [2.45, 2.75) is 39.7 Å². The molecule has 1 fully saturated rings. The molecule has 0 aliphatic carbocycles. The highest BCUT2D eigenvalue weighted by molar-refractivity contribution is 5.53. The number of nitrogens with zero attached hydrogens (tertiary/aromatic N) is 2. The molecule has 0 aromatic carbocycles. The summed E-state index contributed by atoms with van der Waals surface area (Å²) in [7, 11) is 2.18. The number of anilines is 2. The summed E-state index contributed by atoms with van der Waals surface area (Å²) in [6.45, 7) is 9.54. The van der Waals surface area contributed by atoms with Crippen molar-refractivity contribution in [1.82, 2.24) is 9.88 Å². The molecule has 0 unspecified atom stereocenters. The average Bonchev–Trinajstić information content (AvgIpc) is 2.43. The van der Waals surface area contributed by atoms with Crippen molar-refractivity contribution in [1.29, 1.82) is 0 Å². The number of aromatic nitrogens is 1. The molecule has 5 heteroatoms. The van der Waals surface area contributed by atoms with Crippen LogP contribution in [0, 0.1) is 5.41 Å². The zero-order valence-electron chi connectivity index (χ0n) is 13.6. The minimum atomic E-state index is 0.0708.